The van der Waals surface area contributed by atoms with Crippen LogP contribution in [0.25, 0.3) is 0 Å². The zero-order valence-electron chi connectivity index (χ0n) is 13.9. The highest BCUT2D eigenvalue weighted by Crippen LogP contribution is 2.21. The number of carboxylic acids is 1. The largest absolute Gasteiger partial charge is 0.475 e. The van der Waals surface area contributed by atoms with Gasteiger partial charge in [0.15, 0.2) is 5.78 Å². The third kappa shape index (κ3) is 3.56. The van der Waals surface area contributed by atoms with Crippen LogP contribution in [-0.2, 0) is 13.0 Å². The van der Waals surface area contributed by atoms with Crippen molar-refractivity contribution in [1.82, 2.24) is 10.3 Å². The van der Waals surface area contributed by atoms with Crippen LogP contribution in [0, 0.1) is 6.92 Å². The Kier molecular flexibility index (Phi) is 5.23. The number of rotatable bonds is 7. The van der Waals surface area contributed by atoms with Gasteiger partial charge in [-0.15, -0.1) is 0 Å². The number of carboxylic acid groups (broad SMARTS) is 1. The van der Waals surface area contributed by atoms with Gasteiger partial charge in [-0.25, -0.2) is 4.79 Å². The summed E-state index contributed by atoms with van der Waals surface area (Å²) in [7, 11) is 0. The Morgan fingerprint density at radius 2 is 2.00 bits per heavy atom. The molecule has 0 spiro atoms. The molecule has 2 aromatic heterocycles. The van der Waals surface area contributed by atoms with Crippen molar-refractivity contribution in [3.8, 4) is 0 Å². The van der Waals surface area contributed by atoms with Crippen molar-refractivity contribution in [3.63, 3.8) is 0 Å². The summed E-state index contributed by atoms with van der Waals surface area (Å²) in [6, 6.07) is 2.83. The molecule has 0 aliphatic heterocycles. The van der Waals surface area contributed by atoms with Gasteiger partial charge < -0.3 is 19.8 Å². The van der Waals surface area contributed by atoms with E-state index in [1.807, 2.05) is 6.92 Å². The Morgan fingerprint density at radius 3 is 2.54 bits per heavy atom. The van der Waals surface area contributed by atoms with Crippen LogP contribution in [0.15, 0.2) is 16.5 Å². The Balaban J connectivity index is 2.18. The standard InChI is InChI=1S/C17H20N2O5/c1-4-5-12-14(10(3)20)9(2)19-15(12)16(21)18-8-11-6-7-13(24-11)17(22)23/h6-7,19H,4-5,8H2,1-3H3,(H,18,21)(H,22,23). The Hall–Kier alpha value is -2.83. The van der Waals surface area contributed by atoms with Gasteiger partial charge in [0.25, 0.3) is 5.91 Å². The molecule has 2 heterocycles. The van der Waals surface area contributed by atoms with Crippen molar-refractivity contribution >= 4 is 17.7 Å². The van der Waals surface area contributed by atoms with Crippen LogP contribution >= 0.6 is 0 Å². The first-order valence-corrected chi connectivity index (χ1v) is 7.67. The molecule has 0 aliphatic rings. The van der Waals surface area contributed by atoms with Crippen LogP contribution < -0.4 is 5.32 Å². The Bertz CT molecular complexity index is 785. The second kappa shape index (κ2) is 7.16. The first kappa shape index (κ1) is 17.5. The van der Waals surface area contributed by atoms with Gasteiger partial charge in [0.1, 0.15) is 11.5 Å². The molecule has 0 radical (unpaired) electrons. The molecule has 0 saturated heterocycles. The van der Waals surface area contributed by atoms with Crippen LogP contribution in [-0.4, -0.2) is 27.8 Å². The molecule has 0 aromatic carbocycles. The fraction of sp³-hybridized carbons (Fsp3) is 0.353. The molecule has 2 aromatic rings. The number of amides is 1. The molecule has 2 rings (SSSR count). The lowest BCUT2D eigenvalue weighted by Gasteiger charge is -2.06. The number of hydrogen-bond acceptors (Lipinski definition) is 4. The van der Waals surface area contributed by atoms with Crippen molar-refractivity contribution in [1.29, 1.82) is 0 Å². The third-order valence-electron chi connectivity index (χ3n) is 3.67. The SMILES string of the molecule is CCCc1c(C(=O)NCc2ccc(C(=O)O)o2)[nH]c(C)c1C(C)=O. The van der Waals surface area contributed by atoms with Crippen LogP contribution in [0.4, 0.5) is 0 Å². The Labute approximate surface area is 139 Å². The van der Waals surface area contributed by atoms with Crippen molar-refractivity contribution in [2.24, 2.45) is 0 Å². The van der Waals surface area contributed by atoms with E-state index in [2.05, 4.69) is 10.3 Å². The van der Waals surface area contributed by atoms with E-state index in [0.717, 1.165) is 6.42 Å². The molecule has 0 unspecified atom stereocenters. The average Bonchev–Trinajstić information content (AvgIpc) is 3.10. The molecule has 7 nitrogen and oxygen atoms in total. The summed E-state index contributed by atoms with van der Waals surface area (Å²) >= 11 is 0. The minimum atomic E-state index is -1.16. The molecule has 128 valence electrons. The van der Waals surface area contributed by atoms with E-state index in [9.17, 15) is 14.4 Å². The smallest absolute Gasteiger partial charge is 0.371 e. The van der Waals surface area contributed by atoms with Crippen molar-refractivity contribution in [2.75, 3.05) is 0 Å². The fourth-order valence-electron chi connectivity index (χ4n) is 2.69. The Morgan fingerprint density at radius 1 is 1.29 bits per heavy atom. The van der Waals surface area contributed by atoms with Gasteiger partial charge >= 0.3 is 5.97 Å². The highest BCUT2D eigenvalue weighted by atomic mass is 16.4. The lowest BCUT2D eigenvalue weighted by molar-refractivity contribution is 0.0660. The van der Waals surface area contributed by atoms with Gasteiger partial charge in [-0.3, -0.25) is 9.59 Å². The number of furan rings is 1. The van der Waals surface area contributed by atoms with Gasteiger partial charge in [-0.2, -0.15) is 0 Å². The van der Waals surface area contributed by atoms with Gasteiger partial charge in [-0.1, -0.05) is 13.3 Å². The van der Waals surface area contributed by atoms with Crippen molar-refractivity contribution < 1.29 is 23.9 Å². The second-order valence-electron chi connectivity index (χ2n) is 5.54. The van der Waals surface area contributed by atoms with Gasteiger partial charge in [0, 0.05) is 11.3 Å². The molecule has 3 N–H and O–H groups in total. The zero-order chi connectivity index (χ0) is 17.9. The molecule has 0 atom stereocenters. The number of carbonyl (C=O) groups is 3. The normalized spacial score (nSPS) is 10.6. The van der Waals surface area contributed by atoms with E-state index >= 15 is 0 Å². The fourth-order valence-corrected chi connectivity index (χ4v) is 2.69. The zero-order valence-corrected chi connectivity index (χ0v) is 13.9. The minimum Gasteiger partial charge on any atom is -0.475 e. The van der Waals surface area contributed by atoms with E-state index in [4.69, 9.17) is 9.52 Å². The predicted octanol–water partition coefficient (Wildman–Crippen LogP) is 2.70. The molecule has 7 heteroatoms. The summed E-state index contributed by atoms with van der Waals surface area (Å²) in [5.41, 5.74) is 2.31. The minimum absolute atomic E-state index is 0.0607. The number of aromatic nitrogens is 1. The van der Waals surface area contributed by atoms with E-state index in [0.29, 0.717) is 34.7 Å². The molecule has 0 saturated carbocycles. The van der Waals surface area contributed by atoms with Crippen LogP contribution in [0.3, 0.4) is 0 Å². The number of aromatic amines is 1. The number of aryl methyl sites for hydroxylation is 1. The van der Waals surface area contributed by atoms with E-state index < -0.39 is 5.97 Å². The van der Waals surface area contributed by atoms with Gasteiger partial charge in [0.2, 0.25) is 5.76 Å². The maximum atomic E-state index is 12.4. The number of aromatic carboxylic acids is 1. The monoisotopic (exact) mass is 332 g/mol. The summed E-state index contributed by atoms with van der Waals surface area (Å²) in [6.07, 6.45) is 1.42. The maximum absolute atomic E-state index is 12.4. The first-order chi connectivity index (χ1) is 11.3. The quantitative estimate of drug-likeness (QED) is 0.675. The highest BCUT2D eigenvalue weighted by molar-refractivity contribution is 6.02. The van der Waals surface area contributed by atoms with Crippen LogP contribution in [0.5, 0.6) is 0 Å². The lowest BCUT2D eigenvalue weighted by atomic mass is 10.0. The number of Topliss-reactive ketones (excluding diaryl/α,β-unsaturated/α-hetero) is 1. The number of nitrogens with one attached hydrogen (secondary N) is 2. The molecule has 1 amide bonds. The predicted molar refractivity (Wildman–Crippen MR) is 86.4 cm³/mol. The molecular formula is C17H20N2O5. The van der Waals surface area contributed by atoms with Gasteiger partial charge in [-0.05, 0) is 38.0 Å². The van der Waals surface area contributed by atoms with Crippen LogP contribution in [0.2, 0.25) is 0 Å². The molecule has 24 heavy (non-hydrogen) atoms. The second-order valence-corrected chi connectivity index (χ2v) is 5.54. The topological polar surface area (TPSA) is 112 Å². The number of hydrogen-bond donors (Lipinski definition) is 3. The van der Waals surface area contributed by atoms with Crippen molar-refractivity contribution in [2.45, 2.75) is 40.2 Å². The summed E-state index contributed by atoms with van der Waals surface area (Å²) in [5.74, 6) is -1.44. The summed E-state index contributed by atoms with van der Waals surface area (Å²) < 4.78 is 5.10. The molecule has 0 fully saturated rings. The molecular weight excluding hydrogens is 312 g/mol. The first-order valence-electron chi connectivity index (χ1n) is 7.67. The molecule has 0 aliphatic carbocycles. The van der Waals surface area contributed by atoms with Gasteiger partial charge in [0.05, 0.1) is 6.54 Å². The summed E-state index contributed by atoms with van der Waals surface area (Å²) in [6.45, 7) is 5.28. The molecule has 0 bridgehead atoms. The van der Waals surface area contributed by atoms with E-state index in [1.54, 1.807) is 6.92 Å². The third-order valence-corrected chi connectivity index (χ3v) is 3.67. The average molecular weight is 332 g/mol. The van der Waals surface area contributed by atoms with Crippen LogP contribution in [0.1, 0.15) is 68.7 Å². The number of H-pyrrole nitrogens is 1. The highest BCUT2D eigenvalue weighted by Gasteiger charge is 2.22. The van der Waals surface area contributed by atoms with Crippen molar-refractivity contribution in [3.05, 3.63) is 46.2 Å². The maximum Gasteiger partial charge on any atom is 0.371 e. The van der Waals surface area contributed by atoms with E-state index in [-0.39, 0.29) is 24.0 Å². The summed E-state index contributed by atoms with van der Waals surface area (Å²) in [5, 5.41) is 11.5. The number of ketones is 1. The van der Waals surface area contributed by atoms with E-state index in [1.165, 1.54) is 19.1 Å². The summed E-state index contributed by atoms with van der Waals surface area (Å²) in [4.78, 5) is 38.0. The lowest BCUT2D eigenvalue weighted by Crippen LogP contribution is -2.24. The number of carbonyl (C=O) groups excluding carboxylic acids is 2.